The minimum absolute atomic E-state index is 0.475. The van der Waals surface area contributed by atoms with Crippen LogP contribution in [0.5, 0.6) is 5.75 Å². The van der Waals surface area contributed by atoms with Gasteiger partial charge in [0.05, 0.1) is 6.61 Å². The summed E-state index contributed by atoms with van der Waals surface area (Å²) in [7, 11) is 0. The summed E-state index contributed by atoms with van der Waals surface area (Å²) in [5, 5.41) is 38.5. The first kappa shape index (κ1) is 15.2. The predicted octanol–water partition coefficient (Wildman–Crippen LogP) is -0.518. The zero-order valence-electron chi connectivity index (χ0n) is 11.4. The molecule has 6 heteroatoms. The molecule has 0 unspecified atom stereocenters. The molecule has 0 bridgehead atoms. The van der Waals surface area contributed by atoms with Gasteiger partial charge in [0.15, 0.2) is 0 Å². The molecule has 1 aliphatic rings. The molecule has 0 radical (unpaired) electrons. The SMILES string of the molecule is Cc1cccc(C)c1O[C@@H]1O[C@H](CO)[C@@H](O)[C@H](O)[C@H]1O. The van der Waals surface area contributed by atoms with Crippen molar-refractivity contribution in [1.29, 1.82) is 0 Å². The van der Waals surface area contributed by atoms with E-state index < -0.39 is 37.3 Å². The van der Waals surface area contributed by atoms with E-state index in [0.717, 1.165) is 11.1 Å². The molecular formula is C14H20O6. The molecule has 0 aromatic heterocycles. The lowest BCUT2D eigenvalue weighted by Gasteiger charge is -2.39. The topological polar surface area (TPSA) is 99.4 Å². The monoisotopic (exact) mass is 284 g/mol. The van der Waals surface area contributed by atoms with Gasteiger partial charge in [-0.25, -0.2) is 0 Å². The fourth-order valence-electron chi connectivity index (χ4n) is 2.27. The molecule has 1 saturated heterocycles. The van der Waals surface area contributed by atoms with Crippen molar-refractivity contribution in [3.05, 3.63) is 29.3 Å². The first-order chi connectivity index (χ1) is 9.45. The molecule has 20 heavy (non-hydrogen) atoms. The quantitative estimate of drug-likeness (QED) is 0.596. The molecule has 1 aliphatic heterocycles. The van der Waals surface area contributed by atoms with Crippen LogP contribution in [-0.2, 0) is 4.74 Å². The Bertz CT molecular complexity index is 441. The summed E-state index contributed by atoms with van der Waals surface area (Å²) in [5.41, 5.74) is 1.73. The van der Waals surface area contributed by atoms with E-state index in [9.17, 15) is 15.3 Å². The summed E-state index contributed by atoms with van der Waals surface area (Å²) in [4.78, 5) is 0. The summed E-state index contributed by atoms with van der Waals surface area (Å²) in [6, 6.07) is 5.59. The van der Waals surface area contributed by atoms with Crippen molar-refractivity contribution in [3.63, 3.8) is 0 Å². The summed E-state index contributed by atoms with van der Waals surface area (Å²) in [6.45, 7) is 3.23. The molecule has 112 valence electrons. The summed E-state index contributed by atoms with van der Waals surface area (Å²) < 4.78 is 10.9. The zero-order chi connectivity index (χ0) is 14.9. The fraction of sp³-hybridized carbons (Fsp3) is 0.571. The Hall–Kier alpha value is -1.18. The lowest BCUT2D eigenvalue weighted by atomic mass is 9.99. The van der Waals surface area contributed by atoms with E-state index in [1.807, 2.05) is 32.0 Å². The average molecular weight is 284 g/mol. The van der Waals surface area contributed by atoms with E-state index in [2.05, 4.69) is 0 Å². The molecule has 1 aromatic carbocycles. The number of hydrogen-bond donors (Lipinski definition) is 4. The van der Waals surface area contributed by atoms with E-state index in [0.29, 0.717) is 5.75 Å². The number of hydrogen-bond acceptors (Lipinski definition) is 6. The summed E-state index contributed by atoms with van der Waals surface area (Å²) in [5.74, 6) is 0.553. The minimum atomic E-state index is -1.43. The number of aryl methyl sites for hydroxylation is 2. The Morgan fingerprint density at radius 2 is 1.65 bits per heavy atom. The van der Waals surface area contributed by atoms with Crippen LogP contribution in [0.4, 0.5) is 0 Å². The second kappa shape index (κ2) is 6.07. The van der Waals surface area contributed by atoms with E-state index >= 15 is 0 Å². The highest BCUT2D eigenvalue weighted by Crippen LogP contribution is 2.28. The number of para-hydroxylation sites is 1. The molecule has 2 rings (SSSR count). The Morgan fingerprint density at radius 1 is 1.05 bits per heavy atom. The van der Waals surface area contributed by atoms with Gasteiger partial charge in [0.2, 0.25) is 6.29 Å². The van der Waals surface area contributed by atoms with Gasteiger partial charge in [0.25, 0.3) is 0 Å². The van der Waals surface area contributed by atoms with Gasteiger partial charge < -0.3 is 29.9 Å². The number of aliphatic hydroxyl groups excluding tert-OH is 4. The number of ether oxygens (including phenoxy) is 2. The van der Waals surface area contributed by atoms with E-state index in [1.165, 1.54) is 0 Å². The average Bonchev–Trinajstić information content (AvgIpc) is 2.43. The van der Waals surface area contributed by atoms with Crippen LogP contribution in [0.15, 0.2) is 18.2 Å². The largest absolute Gasteiger partial charge is 0.461 e. The first-order valence-electron chi connectivity index (χ1n) is 6.49. The zero-order valence-corrected chi connectivity index (χ0v) is 11.4. The van der Waals surface area contributed by atoms with Gasteiger partial charge in [-0.3, -0.25) is 0 Å². The highest BCUT2D eigenvalue weighted by atomic mass is 16.7. The van der Waals surface area contributed by atoms with Crippen LogP contribution in [0.25, 0.3) is 0 Å². The van der Waals surface area contributed by atoms with Gasteiger partial charge in [-0.2, -0.15) is 0 Å². The van der Waals surface area contributed by atoms with Crippen molar-refractivity contribution in [3.8, 4) is 5.75 Å². The third kappa shape index (κ3) is 2.79. The van der Waals surface area contributed by atoms with Gasteiger partial charge in [-0.1, -0.05) is 18.2 Å². The van der Waals surface area contributed by atoms with Crippen LogP contribution >= 0.6 is 0 Å². The van der Waals surface area contributed by atoms with Gasteiger partial charge >= 0.3 is 0 Å². The highest BCUT2D eigenvalue weighted by molar-refractivity contribution is 5.39. The van der Waals surface area contributed by atoms with Gasteiger partial charge in [0, 0.05) is 0 Å². The first-order valence-corrected chi connectivity index (χ1v) is 6.49. The van der Waals surface area contributed by atoms with Crippen molar-refractivity contribution < 1.29 is 29.9 Å². The van der Waals surface area contributed by atoms with Crippen LogP contribution in [0.3, 0.4) is 0 Å². The molecule has 6 nitrogen and oxygen atoms in total. The third-order valence-corrected chi connectivity index (χ3v) is 3.49. The van der Waals surface area contributed by atoms with Crippen LogP contribution in [0.1, 0.15) is 11.1 Å². The molecular weight excluding hydrogens is 264 g/mol. The van der Waals surface area contributed by atoms with Gasteiger partial charge in [0.1, 0.15) is 30.2 Å². The maximum absolute atomic E-state index is 9.92. The maximum atomic E-state index is 9.92. The lowest BCUT2D eigenvalue weighted by Crippen LogP contribution is -2.60. The molecule has 5 atom stereocenters. The third-order valence-electron chi connectivity index (χ3n) is 3.49. The maximum Gasteiger partial charge on any atom is 0.229 e. The van der Waals surface area contributed by atoms with E-state index in [1.54, 1.807) is 0 Å². The van der Waals surface area contributed by atoms with E-state index in [4.69, 9.17) is 14.6 Å². The van der Waals surface area contributed by atoms with Crippen LogP contribution in [0.2, 0.25) is 0 Å². The number of benzene rings is 1. The fourth-order valence-corrected chi connectivity index (χ4v) is 2.27. The van der Waals surface area contributed by atoms with Crippen molar-refractivity contribution >= 4 is 0 Å². The summed E-state index contributed by atoms with van der Waals surface area (Å²) >= 11 is 0. The van der Waals surface area contributed by atoms with Crippen molar-refractivity contribution in [2.75, 3.05) is 6.61 Å². The molecule has 0 saturated carbocycles. The predicted molar refractivity (Wildman–Crippen MR) is 70.3 cm³/mol. The molecule has 1 aromatic rings. The standard InChI is InChI=1S/C14H20O6/c1-7-4-3-5-8(2)13(7)20-14-12(18)11(17)10(16)9(6-15)19-14/h3-5,9-12,14-18H,6H2,1-2H3/t9-,10-,11+,12-,14+/m1/s1. The van der Waals surface area contributed by atoms with E-state index in [-0.39, 0.29) is 0 Å². The number of rotatable bonds is 3. The van der Waals surface area contributed by atoms with Gasteiger partial charge in [-0.15, -0.1) is 0 Å². The second-order valence-electron chi connectivity index (χ2n) is 5.04. The molecule has 0 amide bonds. The smallest absolute Gasteiger partial charge is 0.229 e. The molecule has 1 fully saturated rings. The van der Waals surface area contributed by atoms with Crippen molar-refractivity contribution in [2.24, 2.45) is 0 Å². The molecule has 4 N–H and O–H groups in total. The Morgan fingerprint density at radius 3 is 2.20 bits per heavy atom. The lowest BCUT2D eigenvalue weighted by molar-refractivity contribution is -0.277. The Balaban J connectivity index is 2.20. The van der Waals surface area contributed by atoms with Gasteiger partial charge in [-0.05, 0) is 25.0 Å². The molecule has 1 heterocycles. The normalized spacial score (nSPS) is 34.0. The second-order valence-corrected chi connectivity index (χ2v) is 5.04. The highest BCUT2D eigenvalue weighted by Gasteiger charge is 2.44. The molecule has 0 aliphatic carbocycles. The van der Waals surface area contributed by atoms with Crippen LogP contribution in [-0.4, -0.2) is 57.7 Å². The van der Waals surface area contributed by atoms with Crippen molar-refractivity contribution in [1.82, 2.24) is 0 Å². The van der Waals surface area contributed by atoms with Crippen LogP contribution in [0, 0.1) is 13.8 Å². The number of aliphatic hydroxyl groups is 4. The summed E-state index contributed by atoms with van der Waals surface area (Å²) in [6.07, 6.45) is -6.33. The Labute approximate surface area is 117 Å². The van der Waals surface area contributed by atoms with Crippen LogP contribution < -0.4 is 4.74 Å². The Kier molecular flexibility index (Phi) is 4.62. The molecule has 0 spiro atoms. The van der Waals surface area contributed by atoms with Crippen molar-refractivity contribution in [2.45, 2.75) is 44.6 Å². The minimum Gasteiger partial charge on any atom is -0.461 e.